The van der Waals surface area contributed by atoms with Gasteiger partial charge in [0.2, 0.25) is 5.95 Å². The van der Waals surface area contributed by atoms with Crippen LogP contribution in [-0.2, 0) is 11.8 Å². The first-order valence-electron chi connectivity index (χ1n) is 12.3. The molecular formula is C26H31ClN6O3. The maximum atomic E-state index is 13.0. The van der Waals surface area contributed by atoms with Crippen LogP contribution in [-0.4, -0.2) is 45.7 Å². The molecule has 4 heterocycles. The van der Waals surface area contributed by atoms with Gasteiger partial charge in [-0.3, -0.25) is 4.79 Å². The van der Waals surface area contributed by atoms with Gasteiger partial charge in [0, 0.05) is 31.2 Å². The molecule has 10 heteroatoms. The highest BCUT2D eigenvalue weighted by Gasteiger charge is 2.31. The standard InChI is InChI=1S/C26H31ClN6O3/c1-13-8-14(2)12-33(11-13)26-28-10-19(27)23(31-26)30-17-6-7-20-18(9-17)22-21(24(34)32(20)5)25(35)36-16(4)15(3)29-22/h6-7,9-10,13-16,29H,8,11-12H2,1-5H3,(H,28,30,31). The molecule has 0 bridgehead atoms. The zero-order valence-corrected chi connectivity index (χ0v) is 21.9. The number of pyridine rings is 1. The van der Waals surface area contributed by atoms with Crippen molar-refractivity contribution in [2.75, 3.05) is 28.6 Å². The predicted octanol–water partition coefficient (Wildman–Crippen LogP) is 4.57. The van der Waals surface area contributed by atoms with Crippen LogP contribution < -0.4 is 21.1 Å². The van der Waals surface area contributed by atoms with Crippen LogP contribution in [0, 0.1) is 11.8 Å². The highest BCUT2D eigenvalue weighted by Crippen LogP contribution is 2.33. The summed E-state index contributed by atoms with van der Waals surface area (Å²) in [5.41, 5.74) is 1.50. The number of carbonyl (C=O) groups excluding carboxylic acids is 1. The molecule has 0 spiro atoms. The maximum Gasteiger partial charge on any atom is 0.346 e. The number of hydrogen-bond donors (Lipinski definition) is 2. The van der Waals surface area contributed by atoms with Crippen LogP contribution in [0.1, 0.15) is 44.5 Å². The Morgan fingerprint density at radius 1 is 1.14 bits per heavy atom. The molecule has 9 nitrogen and oxygen atoms in total. The van der Waals surface area contributed by atoms with E-state index in [9.17, 15) is 9.59 Å². The SMILES string of the molecule is CC1CC(C)CN(c2ncc(Cl)c(Nc3ccc4c(c3)c3c(c(=O)n4C)C(=O)OC(C)C(C)N3)n2)C1. The molecule has 190 valence electrons. The van der Waals surface area contributed by atoms with Gasteiger partial charge in [-0.1, -0.05) is 25.4 Å². The lowest BCUT2D eigenvalue weighted by molar-refractivity contribution is 0.0325. The number of esters is 1. The van der Waals surface area contributed by atoms with Crippen molar-refractivity contribution in [3.8, 4) is 0 Å². The van der Waals surface area contributed by atoms with Gasteiger partial charge in [0.05, 0.1) is 23.4 Å². The highest BCUT2D eigenvalue weighted by atomic mass is 35.5. The molecule has 4 atom stereocenters. The molecule has 0 aliphatic carbocycles. The first-order valence-corrected chi connectivity index (χ1v) is 12.7. The molecule has 1 fully saturated rings. The van der Waals surface area contributed by atoms with E-state index in [0.717, 1.165) is 24.2 Å². The molecule has 0 amide bonds. The number of nitrogens with zero attached hydrogens (tertiary/aromatic N) is 4. The number of benzene rings is 1. The van der Waals surface area contributed by atoms with Gasteiger partial charge in [0.15, 0.2) is 5.82 Å². The number of aromatic nitrogens is 3. The summed E-state index contributed by atoms with van der Waals surface area (Å²) in [5.74, 6) is 1.65. The Hall–Kier alpha value is -3.33. The van der Waals surface area contributed by atoms with Crippen molar-refractivity contribution >= 4 is 51.6 Å². The molecule has 4 unspecified atom stereocenters. The van der Waals surface area contributed by atoms with Crippen molar-refractivity contribution in [2.45, 2.75) is 46.3 Å². The second-order valence-corrected chi connectivity index (χ2v) is 10.6. The van der Waals surface area contributed by atoms with Crippen LogP contribution in [0.2, 0.25) is 5.02 Å². The van der Waals surface area contributed by atoms with Crippen LogP contribution in [0.15, 0.2) is 29.2 Å². The third-order valence-corrected chi connectivity index (χ3v) is 7.39. The lowest BCUT2D eigenvalue weighted by atomic mass is 9.92. The van der Waals surface area contributed by atoms with E-state index in [-0.39, 0.29) is 17.7 Å². The number of hydrogen-bond acceptors (Lipinski definition) is 8. The summed E-state index contributed by atoms with van der Waals surface area (Å²) in [6.07, 6.45) is 2.43. The van der Waals surface area contributed by atoms with Crippen molar-refractivity contribution in [3.05, 3.63) is 45.3 Å². The van der Waals surface area contributed by atoms with E-state index >= 15 is 0 Å². The lowest BCUT2D eigenvalue weighted by Gasteiger charge is -2.35. The molecule has 36 heavy (non-hydrogen) atoms. The number of fused-ring (bicyclic) bond motifs is 3. The fourth-order valence-electron chi connectivity index (χ4n) is 5.20. The van der Waals surface area contributed by atoms with E-state index in [4.69, 9.17) is 21.3 Å². The van der Waals surface area contributed by atoms with Gasteiger partial charge in [0.1, 0.15) is 16.7 Å². The van der Waals surface area contributed by atoms with Gasteiger partial charge in [-0.15, -0.1) is 0 Å². The van der Waals surface area contributed by atoms with Gasteiger partial charge in [-0.25, -0.2) is 9.78 Å². The van der Waals surface area contributed by atoms with E-state index < -0.39 is 11.5 Å². The molecule has 2 aliphatic rings. The van der Waals surface area contributed by atoms with Crippen LogP contribution in [0.3, 0.4) is 0 Å². The van der Waals surface area contributed by atoms with Gasteiger partial charge in [-0.2, -0.15) is 4.98 Å². The minimum atomic E-state index is -0.622. The molecule has 0 saturated carbocycles. The first-order chi connectivity index (χ1) is 17.1. The summed E-state index contributed by atoms with van der Waals surface area (Å²) < 4.78 is 6.96. The molecule has 5 rings (SSSR count). The summed E-state index contributed by atoms with van der Waals surface area (Å²) in [6.45, 7) is 10.0. The highest BCUT2D eigenvalue weighted by molar-refractivity contribution is 6.33. The van der Waals surface area contributed by atoms with Crippen molar-refractivity contribution < 1.29 is 9.53 Å². The molecule has 2 aromatic heterocycles. The number of piperidine rings is 1. The van der Waals surface area contributed by atoms with Crippen LogP contribution in [0.4, 0.5) is 23.1 Å². The number of carbonyl (C=O) groups is 1. The molecule has 3 aromatic rings. The van der Waals surface area contributed by atoms with Crippen molar-refractivity contribution in [1.29, 1.82) is 0 Å². The Morgan fingerprint density at radius 2 is 1.86 bits per heavy atom. The van der Waals surface area contributed by atoms with E-state index in [1.54, 1.807) is 20.2 Å². The molecule has 1 aromatic carbocycles. The quantitative estimate of drug-likeness (QED) is 0.494. The fraction of sp³-hybridized carbons (Fsp3) is 0.462. The number of halogens is 1. The third-order valence-electron chi connectivity index (χ3n) is 7.11. The van der Waals surface area contributed by atoms with Crippen LogP contribution in [0.5, 0.6) is 0 Å². The maximum absolute atomic E-state index is 13.0. The number of cyclic esters (lactones) is 1. The first kappa shape index (κ1) is 24.4. The minimum Gasteiger partial charge on any atom is -0.457 e. The third kappa shape index (κ3) is 4.36. The average molecular weight is 511 g/mol. The Kier molecular flexibility index (Phi) is 6.28. The van der Waals surface area contributed by atoms with E-state index in [1.165, 1.54) is 11.0 Å². The Labute approximate surface area is 214 Å². The van der Waals surface area contributed by atoms with Crippen molar-refractivity contribution in [1.82, 2.24) is 14.5 Å². The summed E-state index contributed by atoms with van der Waals surface area (Å²) in [6, 6.07) is 5.42. The molecule has 2 N–H and O–H groups in total. The minimum absolute atomic E-state index is 0.00837. The van der Waals surface area contributed by atoms with Gasteiger partial charge in [-0.05, 0) is 50.3 Å². The summed E-state index contributed by atoms with van der Waals surface area (Å²) in [7, 11) is 1.65. The van der Waals surface area contributed by atoms with Crippen molar-refractivity contribution in [2.24, 2.45) is 18.9 Å². The second kappa shape index (κ2) is 9.28. The number of nitrogens with one attached hydrogen (secondary N) is 2. The number of rotatable bonds is 3. The fourth-order valence-corrected chi connectivity index (χ4v) is 5.34. The largest absolute Gasteiger partial charge is 0.457 e. The van der Waals surface area contributed by atoms with Crippen LogP contribution in [0.25, 0.3) is 10.9 Å². The Balaban J connectivity index is 1.55. The predicted molar refractivity (Wildman–Crippen MR) is 143 cm³/mol. The topological polar surface area (TPSA) is 101 Å². The van der Waals surface area contributed by atoms with Gasteiger partial charge in [0.25, 0.3) is 5.56 Å². The second-order valence-electron chi connectivity index (χ2n) is 10.2. The van der Waals surface area contributed by atoms with Gasteiger partial charge >= 0.3 is 5.97 Å². The van der Waals surface area contributed by atoms with Gasteiger partial charge < -0.3 is 24.8 Å². The van der Waals surface area contributed by atoms with E-state index in [1.807, 2.05) is 25.1 Å². The normalized spacial score (nSPS) is 24.1. The number of anilines is 4. The Morgan fingerprint density at radius 3 is 2.58 bits per heavy atom. The average Bonchev–Trinajstić information content (AvgIpc) is 2.93. The monoisotopic (exact) mass is 510 g/mol. The van der Waals surface area contributed by atoms with E-state index in [0.29, 0.717) is 39.8 Å². The zero-order valence-electron chi connectivity index (χ0n) is 21.1. The summed E-state index contributed by atoms with van der Waals surface area (Å²) in [4.78, 5) is 37.2. The Bertz CT molecular complexity index is 1400. The lowest BCUT2D eigenvalue weighted by Crippen LogP contribution is -2.39. The molecule has 1 saturated heterocycles. The molecular weight excluding hydrogens is 480 g/mol. The van der Waals surface area contributed by atoms with Crippen molar-refractivity contribution in [3.63, 3.8) is 0 Å². The smallest absolute Gasteiger partial charge is 0.346 e. The number of ether oxygens (including phenoxy) is 1. The zero-order chi connectivity index (χ0) is 25.7. The molecule has 0 radical (unpaired) electrons. The summed E-state index contributed by atoms with van der Waals surface area (Å²) >= 11 is 6.47. The van der Waals surface area contributed by atoms with Crippen LogP contribution >= 0.6 is 11.6 Å². The molecule has 2 aliphatic heterocycles. The summed E-state index contributed by atoms with van der Waals surface area (Å²) in [5, 5.41) is 7.77. The van der Waals surface area contributed by atoms with E-state index in [2.05, 4.69) is 34.4 Å². The number of aryl methyl sites for hydroxylation is 1.